The van der Waals surface area contributed by atoms with Crippen LogP contribution in [0.5, 0.6) is 0 Å². The van der Waals surface area contributed by atoms with Crippen LogP contribution in [0.1, 0.15) is 19.8 Å². The molecule has 0 aromatic carbocycles. The number of rotatable bonds is 5. The zero-order valence-corrected chi connectivity index (χ0v) is 10.6. The standard InChI is InChI=1S/C12H20N2O3/c1-3-16-9-6-14(2)11(15)12(10-13)4-7-17-8-5-12/h3-9H2,1-2H3. The molecule has 1 rings (SSSR count). The van der Waals surface area contributed by atoms with Gasteiger partial charge in [0.1, 0.15) is 5.41 Å². The molecule has 0 N–H and O–H groups in total. The molecular formula is C12H20N2O3. The Morgan fingerprint density at radius 1 is 1.53 bits per heavy atom. The van der Waals surface area contributed by atoms with Gasteiger partial charge in [0.15, 0.2) is 0 Å². The molecule has 1 aliphatic rings. The van der Waals surface area contributed by atoms with Gasteiger partial charge < -0.3 is 14.4 Å². The molecule has 5 heteroatoms. The van der Waals surface area contributed by atoms with Crippen molar-refractivity contribution >= 4 is 5.91 Å². The molecule has 1 amide bonds. The van der Waals surface area contributed by atoms with E-state index in [0.29, 0.717) is 45.8 Å². The lowest BCUT2D eigenvalue weighted by molar-refractivity contribution is -0.142. The Bertz CT molecular complexity index is 293. The second-order valence-electron chi connectivity index (χ2n) is 4.23. The van der Waals surface area contributed by atoms with Gasteiger partial charge in [0.05, 0.1) is 12.7 Å². The Hall–Kier alpha value is -1.12. The van der Waals surface area contributed by atoms with E-state index in [1.807, 2.05) is 6.92 Å². The minimum absolute atomic E-state index is 0.108. The molecule has 17 heavy (non-hydrogen) atoms. The number of hydrogen-bond donors (Lipinski definition) is 0. The van der Waals surface area contributed by atoms with Gasteiger partial charge in [-0.15, -0.1) is 0 Å². The Morgan fingerprint density at radius 2 is 2.18 bits per heavy atom. The summed E-state index contributed by atoms with van der Waals surface area (Å²) in [6.07, 6.45) is 0.975. The van der Waals surface area contributed by atoms with Gasteiger partial charge in [-0.25, -0.2) is 0 Å². The predicted octanol–water partition coefficient (Wildman–Crippen LogP) is 0.802. The lowest BCUT2D eigenvalue weighted by Crippen LogP contribution is -2.45. The Morgan fingerprint density at radius 3 is 2.71 bits per heavy atom. The molecule has 0 atom stereocenters. The summed E-state index contributed by atoms with van der Waals surface area (Å²) in [6.45, 7) is 4.56. The second kappa shape index (κ2) is 6.58. The largest absolute Gasteiger partial charge is 0.381 e. The monoisotopic (exact) mass is 240 g/mol. The molecule has 5 nitrogen and oxygen atoms in total. The summed E-state index contributed by atoms with van der Waals surface area (Å²) in [7, 11) is 1.72. The van der Waals surface area contributed by atoms with Crippen LogP contribution < -0.4 is 0 Å². The maximum absolute atomic E-state index is 12.2. The number of ether oxygens (including phenoxy) is 2. The zero-order valence-electron chi connectivity index (χ0n) is 10.6. The molecule has 96 valence electrons. The number of amides is 1. The smallest absolute Gasteiger partial charge is 0.243 e. The van der Waals surface area contributed by atoms with Crippen LogP contribution in [0.25, 0.3) is 0 Å². The molecule has 1 saturated heterocycles. The normalized spacial score (nSPS) is 18.4. The summed E-state index contributed by atoms with van der Waals surface area (Å²) in [5.41, 5.74) is -0.890. The minimum Gasteiger partial charge on any atom is -0.381 e. The van der Waals surface area contributed by atoms with Crippen molar-refractivity contribution in [1.29, 1.82) is 5.26 Å². The maximum Gasteiger partial charge on any atom is 0.243 e. The highest BCUT2D eigenvalue weighted by molar-refractivity contribution is 5.85. The first-order valence-corrected chi connectivity index (χ1v) is 5.98. The molecule has 0 aromatic heterocycles. The van der Waals surface area contributed by atoms with E-state index in [0.717, 1.165) is 0 Å². The average Bonchev–Trinajstić information content (AvgIpc) is 2.38. The van der Waals surface area contributed by atoms with E-state index in [9.17, 15) is 10.1 Å². The van der Waals surface area contributed by atoms with Crippen LogP contribution in [-0.2, 0) is 14.3 Å². The first kappa shape index (κ1) is 13.9. The van der Waals surface area contributed by atoms with Crippen LogP contribution in [0.3, 0.4) is 0 Å². The van der Waals surface area contributed by atoms with E-state index in [-0.39, 0.29) is 5.91 Å². The summed E-state index contributed by atoms with van der Waals surface area (Å²) < 4.78 is 10.4. The quantitative estimate of drug-likeness (QED) is 0.667. The average molecular weight is 240 g/mol. The Balaban J connectivity index is 2.56. The van der Waals surface area contributed by atoms with Crippen LogP contribution in [-0.4, -0.2) is 50.8 Å². The van der Waals surface area contributed by atoms with Crippen molar-refractivity contribution in [3.63, 3.8) is 0 Å². The third-order valence-electron chi connectivity index (χ3n) is 3.09. The molecule has 0 bridgehead atoms. The van der Waals surface area contributed by atoms with Gasteiger partial charge in [-0.2, -0.15) is 5.26 Å². The van der Waals surface area contributed by atoms with Crippen LogP contribution in [0.2, 0.25) is 0 Å². The molecule has 1 aliphatic heterocycles. The molecule has 0 aliphatic carbocycles. The predicted molar refractivity (Wildman–Crippen MR) is 62.2 cm³/mol. The van der Waals surface area contributed by atoms with Crippen molar-refractivity contribution in [3.05, 3.63) is 0 Å². The number of nitrogens with zero attached hydrogens (tertiary/aromatic N) is 2. The molecule has 0 unspecified atom stereocenters. The first-order valence-electron chi connectivity index (χ1n) is 5.98. The number of carbonyl (C=O) groups is 1. The third kappa shape index (κ3) is 3.42. The highest BCUT2D eigenvalue weighted by Crippen LogP contribution is 2.31. The van der Waals surface area contributed by atoms with Crippen LogP contribution in [0, 0.1) is 16.7 Å². The lowest BCUT2D eigenvalue weighted by atomic mass is 9.80. The number of hydrogen-bond acceptors (Lipinski definition) is 4. The lowest BCUT2D eigenvalue weighted by Gasteiger charge is -2.33. The first-order chi connectivity index (χ1) is 8.16. The van der Waals surface area contributed by atoms with E-state index >= 15 is 0 Å². The fraction of sp³-hybridized carbons (Fsp3) is 0.833. The zero-order chi connectivity index (χ0) is 12.7. The summed E-state index contributed by atoms with van der Waals surface area (Å²) >= 11 is 0. The van der Waals surface area contributed by atoms with E-state index in [1.165, 1.54) is 0 Å². The fourth-order valence-corrected chi connectivity index (χ4v) is 1.91. The van der Waals surface area contributed by atoms with Crippen molar-refractivity contribution in [2.24, 2.45) is 5.41 Å². The highest BCUT2D eigenvalue weighted by Gasteiger charge is 2.42. The van der Waals surface area contributed by atoms with Gasteiger partial charge in [-0.3, -0.25) is 4.79 Å². The van der Waals surface area contributed by atoms with Crippen molar-refractivity contribution in [2.75, 3.05) is 40.0 Å². The number of carbonyl (C=O) groups excluding carboxylic acids is 1. The van der Waals surface area contributed by atoms with Crippen molar-refractivity contribution in [1.82, 2.24) is 4.90 Å². The van der Waals surface area contributed by atoms with E-state index in [2.05, 4.69) is 6.07 Å². The minimum atomic E-state index is -0.890. The molecule has 0 aromatic rings. The number of nitriles is 1. The van der Waals surface area contributed by atoms with Crippen molar-refractivity contribution in [2.45, 2.75) is 19.8 Å². The number of likely N-dealkylation sites (N-methyl/N-ethyl adjacent to an activating group) is 1. The van der Waals surface area contributed by atoms with Gasteiger partial charge in [-0.1, -0.05) is 0 Å². The highest BCUT2D eigenvalue weighted by atomic mass is 16.5. The molecule has 1 fully saturated rings. The van der Waals surface area contributed by atoms with Gasteiger partial charge in [0.25, 0.3) is 0 Å². The fourth-order valence-electron chi connectivity index (χ4n) is 1.91. The molecule has 0 spiro atoms. The maximum atomic E-state index is 12.2. The Kier molecular flexibility index (Phi) is 5.39. The van der Waals surface area contributed by atoms with E-state index < -0.39 is 5.41 Å². The molecule has 0 saturated carbocycles. The molecule has 0 radical (unpaired) electrons. The summed E-state index contributed by atoms with van der Waals surface area (Å²) in [5.74, 6) is -0.108. The van der Waals surface area contributed by atoms with Gasteiger partial charge >= 0.3 is 0 Å². The van der Waals surface area contributed by atoms with Crippen LogP contribution >= 0.6 is 0 Å². The van der Waals surface area contributed by atoms with E-state index in [1.54, 1.807) is 11.9 Å². The summed E-state index contributed by atoms with van der Waals surface area (Å²) in [4.78, 5) is 13.8. The van der Waals surface area contributed by atoms with Crippen LogP contribution in [0.4, 0.5) is 0 Å². The van der Waals surface area contributed by atoms with E-state index in [4.69, 9.17) is 9.47 Å². The van der Waals surface area contributed by atoms with Gasteiger partial charge in [-0.05, 0) is 19.8 Å². The molecule has 1 heterocycles. The SMILES string of the molecule is CCOCCN(C)C(=O)C1(C#N)CCOCC1. The second-order valence-corrected chi connectivity index (χ2v) is 4.23. The Labute approximate surface area is 102 Å². The van der Waals surface area contributed by atoms with Gasteiger partial charge in [0.2, 0.25) is 5.91 Å². The summed E-state index contributed by atoms with van der Waals surface area (Å²) in [5, 5.41) is 9.25. The summed E-state index contributed by atoms with van der Waals surface area (Å²) in [6, 6.07) is 2.18. The topological polar surface area (TPSA) is 62.6 Å². The molecular weight excluding hydrogens is 220 g/mol. The van der Waals surface area contributed by atoms with Crippen molar-refractivity contribution in [3.8, 4) is 6.07 Å². The van der Waals surface area contributed by atoms with Crippen LogP contribution in [0.15, 0.2) is 0 Å². The van der Waals surface area contributed by atoms with Gasteiger partial charge in [0, 0.05) is 33.4 Å². The van der Waals surface area contributed by atoms with Crippen molar-refractivity contribution < 1.29 is 14.3 Å². The third-order valence-corrected chi connectivity index (χ3v) is 3.09.